The molecule has 0 saturated heterocycles. The summed E-state index contributed by atoms with van der Waals surface area (Å²) in [5.41, 5.74) is -0.172. The third-order valence-corrected chi connectivity index (χ3v) is 3.96. The first kappa shape index (κ1) is 16.6. The zero-order chi connectivity index (χ0) is 13.5. The van der Waals surface area contributed by atoms with Gasteiger partial charge in [0.1, 0.15) is 5.78 Å². The van der Waals surface area contributed by atoms with E-state index in [1.165, 1.54) is 0 Å². The monoisotopic (exact) mass is 243 g/mol. The summed E-state index contributed by atoms with van der Waals surface area (Å²) in [6.45, 7) is 12.2. The molecule has 0 aliphatic carbocycles. The SMILES string of the molecule is CCC(C)(CNC)COCC(C)(CC)C(C)=O. The maximum atomic E-state index is 11.6. The molecule has 0 radical (unpaired) electrons. The molecule has 17 heavy (non-hydrogen) atoms. The topological polar surface area (TPSA) is 38.3 Å². The lowest BCUT2D eigenvalue weighted by molar-refractivity contribution is -0.130. The van der Waals surface area contributed by atoms with Gasteiger partial charge in [-0.2, -0.15) is 0 Å². The quantitative estimate of drug-likeness (QED) is 0.676. The van der Waals surface area contributed by atoms with Crippen LogP contribution in [0.5, 0.6) is 0 Å². The van der Waals surface area contributed by atoms with Crippen molar-refractivity contribution >= 4 is 5.78 Å². The second-order valence-electron chi connectivity index (χ2n) is 5.66. The van der Waals surface area contributed by atoms with Gasteiger partial charge in [-0.1, -0.05) is 27.7 Å². The number of carbonyl (C=O) groups excluding carboxylic acids is 1. The molecule has 0 spiro atoms. The minimum atomic E-state index is -0.325. The molecule has 0 amide bonds. The van der Waals surface area contributed by atoms with E-state index in [0.717, 1.165) is 19.4 Å². The number of hydrogen-bond donors (Lipinski definition) is 1. The molecule has 0 aromatic rings. The Morgan fingerprint density at radius 1 is 1.18 bits per heavy atom. The van der Waals surface area contributed by atoms with Gasteiger partial charge in [0, 0.05) is 17.4 Å². The van der Waals surface area contributed by atoms with Crippen molar-refractivity contribution in [2.45, 2.75) is 47.5 Å². The average molecular weight is 243 g/mol. The second-order valence-corrected chi connectivity index (χ2v) is 5.66. The van der Waals surface area contributed by atoms with Crippen molar-refractivity contribution in [1.29, 1.82) is 0 Å². The molecule has 0 saturated carbocycles. The molecule has 0 bridgehead atoms. The van der Waals surface area contributed by atoms with Crippen LogP contribution in [0.3, 0.4) is 0 Å². The van der Waals surface area contributed by atoms with Gasteiger partial charge in [-0.05, 0) is 26.8 Å². The summed E-state index contributed by atoms with van der Waals surface area (Å²) in [4.78, 5) is 11.6. The first-order chi connectivity index (χ1) is 7.83. The number of Topliss-reactive ketones (excluding diaryl/α,β-unsaturated/α-hetero) is 1. The fraction of sp³-hybridized carbons (Fsp3) is 0.929. The van der Waals surface area contributed by atoms with E-state index in [0.29, 0.717) is 13.2 Å². The molecule has 2 unspecified atom stereocenters. The Labute approximate surface area is 106 Å². The lowest BCUT2D eigenvalue weighted by atomic mass is 9.84. The van der Waals surface area contributed by atoms with E-state index in [2.05, 4.69) is 19.2 Å². The number of rotatable bonds is 9. The molecule has 3 nitrogen and oxygen atoms in total. The van der Waals surface area contributed by atoms with Crippen LogP contribution in [-0.4, -0.2) is 32.6 Å². The van der Waals surface area contributed by atoms with E-state index >= 15 is 0 Å². The molecule has 2 atom stereocenters. The highest BCUT2D eigenvalue weighted by atomic mass is 16.5. The van der Waals surface area contributed by atoms with E-state index in [1.54, 1.807) is 6.92 Å². The first-order valence-corrected chi connectivity index (χ1v) is 6.57. The van der Waals surface area contributed by atoms with Crippen molar-refractivity contribution in [3.8, 4) is 0 Å². The highest BCUT2D eigenvalue weighted by Crippen LogP contribution is 2.25. The van der Waals surface area contributed by atoms with Crippen LogP contribution in [0.4, 0.5) is 0 Å². The number of ether oxygens (including phenoxy) is 1. The van der Waals surface area contributed by atoms with Crippen LogP contribution in [0.15, 0.2) is 0 Å². The minimum absolute atomic E-state index is 0.153. The predicted octanol–water partition coefficient (Wildman–Crippen LogP) is 2.64. The van der Waals surface area contributed by atoms with Gasteiger partial charge in [0.25, 0.3) is 0 Å². The van der Waals surface area contributed by atoms with Gasteiger partial charge >= 0.3 is 0 Å². The molecule has 0 aromatic heterocycles. The zero-order valence-electron chi connectivity index (χ0n) is 12.4. The van der Waals surface area contributed by atoms with Crippen molar-refractivity contribution < 1.29 is 9.53 Å². The van der Waals surface area contributed by atoms with Crippen molar-refractivity contribution in [1.82, 2.24) is 5.32 Å². The molecule has 0 rings (SSSR count). The molecule has 3 heteroatoms. The van der Waals surface area contributed by atoms with E-state index in [-0.39, 0.29) is 16.6 Å². The normalized spacial score (nSPS) is 18.5. The Hall–Kier alpha value is -0.410. The molecule has 1 N–H and O–H groups in total. The van der Waals surface area contributed by atoms with Gasteiger partial charge in [-0.25, -0.2) is 0 Å². The van der Waals surface area contributed by atoms with Gasteiger partial charge in [-0.3, -0.25) is 4.79 Å². The van der Waals surface area contributed by atoms with Crippen molar-refractivity contribution in [3.63, 3.8) is 0 Å². The second kappa shape index (κ2) is 7.12. The molecule has 0 fully saturated rings. The largest absolute Gasteiger partial charge is 0.380 e. The highest BCUT2D eigenvalue weighted by Gasteiger charge is 2.29. The lowest BCUT2D eigenvalue weighted by Crippen LogP contribution is -2.37. The minimum Gasteiger partial charge on any atom is -0.380 e. The summed E-state index contributed by atoms with van der Waals surface area (Å²) < 4.78 is 5.80. The maximum absolute atomic E-state index is 11.6. The van der Waals surface area contributed by atoms with Gasteiger partial charge in [0.05, 0.1) is 13.2 Å². The molecule has 0 heterocycles. The van der Waals surface area contributed by atoms with Gasteiger partial charge < -0.3 is 10.1 Å². The fourth-order valence-corrected chi connectivity index (χ4v) is 1.68. The summed E-state index contributed by atoms with van der Waals surface area (Å²) in [6.07, 6.45) is 1.90. The third kappa shape index (κ3) is 5.17. The van der Waals surface area contributed by atoms with Crippen molar-refractivity contribution in [2.24, 2.45) is 10.8 Å². The maximum Gasteiger partial charge on any atom is 0.137 e. The lowest BCUT2D eigenvalue weighted by Gasteiger charge is -2.31. The van der Waals surface area contributed by atoms with Crippen molar-refractivity contribution in [2.75, 3.05) is 26.8 Å². The van der Waals surface area contributed by atoms with E-state index < -0.39 is 0 Å². The molecule has 0 aliphatic heterocycles. The van der Waals surface area contributed by atoms with Crippen molar-refractivity contribution in [3.05, 3.63) is 0 Å². The molecular weight excluding hydrogens is 214 g/mol. The van der Waals surface area contributed by atoms with Crippen LogP contribution >= 0.6 is 0 Å². The zero-order valence-corrected chi connectivity index (χ0v) is 12.4. The third-order valence-electron chi connectivity index (χ3n) is 3.96. The van der Waals surface area contributed by atoms with Crippen LogP contribution < -0.4 is 5.32 Å². The number of nitrogens with one attached hydrogen (secondary N) is 1. The van der Waals surface area contributed by atoms with E-state index in [9.17, 15) is 4.79 Å². The highest BCUT2D eigenvalue weighted by molar-refractivity contribution is 5.81. The molecule has 0 aliphatic rings. The van der Waals surface area contributed by atoms with Crippen LogP contribution in [-0.2, 0) is 9.53 Å². The number of ketones is 1. The van der Waals surface area contributed by atoms with Gasteiger partial charge in [0.15, 0.2) is 0 Å². The average Bonchev–Trinajstić information content (AvgIpc) is 2.29. The van der Waals surface area contributed by atoms with Crippen LogP contribution in [0.2, 0.25) is 0 Å². The summed E-state index contributed by atoms with van der Waals surface area (Å²) in [6, 6.07) is 0. The Kier molecular flexibility index (Phi) is 6.95. The Balaban J connectivity index is 4.24. The molecule has 102 valence electrons. The van der Waals surface area contributed by atoms with E-state index in [4.69, 9.17) is 4.74 Å². The fourth-order valence-electron chi connectivity index (χ4n) is 1.68. The van der Waals surface area contributed by atoms with Crippen LogP contribution in [0, 0.1) is 10.8 Å². The smallest absolute Gasteiger partial charge is 0.137 e. The first-order valence-electron chi connectivity index (χ1n) is 6.57. The standard InChI is InChI=1S/C14H29NO2/c1-7-13(4,9-15-6)10-17-11-14(5,8-2)12(3)16/h15H,7-11H2,1-6H3. The van der Waals surface area contributed by atoms with E-state index in [1.807, 2.05) is 20.9 Å². The summed E-state index contributed by atoms with van der Waals surface area (Å²) in [7, 11) is 1.96. The Morgan fingerprint density at radius 2 is 1.76 bits per heavy atom. The molecular formula is C14H29NO2. The summed E-state index contributed by atoms with van der Waals surface area (Å²) >= 11 is 0. The summed E-state index contributed by atoms with van der Waals surface area (Å²) in [5, 5.41) is 3.20. The van der Waals surface area contributed by atoms with Crippen LogP contribution in [0.1, 0.15) is 47.5 Å². The Morgan fingerprint density at radius 3 is 2.12 bits per heavy atom. The molecule has 0 aromatic carbocycles. The van der Waals surface area contributed by atoms with Gasteiger partial charge in [0.2, 0.25) is 0 Å². The number of carbonyl (C=O) groups is 1. The Bertz CT molecular complexity index is 242. The summed E-state index contributed by atoms with van der Waals surface area (Å²) in [5.74, 6) is 0.215. The predicted molar refractivity (Wildman–Crippen MR) is 72.2 cm³/mol. The number of hydrogen-bond acceptors (Lipinski definition) is 3. The van der Waals surface area contributed by atoms with Gasteiger partial charge in [-0.15, -0.1) is 0 Å². The van der Waals surface area contributed by atoms with Crippen LogP contribution in [0.25, 0.3) is 0 Å².